The van der Waals surface area contributed by atoms with Crippen LogP contribution >= 0.6 is 15.9 Å². The number of amides is 1. The highest BCUT2D eigenvalue weighted by Gasteiger charge is 2.33. The van der Waals surface area contributed by atoms with Gasteiger partial charge in [-0.1, -0.05) is 0 Å². The van der Waals surface area contributed by atoms with Gasteiger partial charge in [0.25, 0.3) is 0 Å². The number of halogens is 3. The van der Waals surface area contributed by atoms with Crippen molar-refractivity contribution >= 4 is 27.5 Å². The van der Waals surface area contributed by atoms with Crippen LogP contribution in [0.15, 0.2) is 10.5 Å². The predicted molar refractivity (Wildman–Crippen MR) is 62.0 cm³/mol. The van der Waals surface area contributed by atoms with Gasteiger partial charge in [0.15, 0.2) is 11.6 Å². The van der Waals surface area contributed by atoms with Crippen molar-refractivity contribution in [2.75, 3.05) is 5.32 Å². The molecule has 0 unspecified atom stereocenters. The molecule has 0 atom stereocenters. The van der Waals surface area contributed by atoms with Crippen LogP contribution in [0, 0.1) is 11.6 Å². The van der Waals surface area contributed by atoms with E-state index in [0.717, 1.165) is 6.07 Å². The molecule has 2 rings (SSSR count). The van der Waals surface area contributed by atoms with Gasteiger partial charge >= 0.3 is 0 Å². The summed E-state index contributed by atoms with van der Waals surface area (Å²) in [4.78, 5) is 11.6. The summed E-state index contributed by atoms with van der Waals surface area (Å²) in [6.45, 7) is 3.28. The SMILES string of the molecule is CC1(C)CC(=O)Nc2c(Br)cc(F)c(F)c2O1. The Kier molecular flexibility index (Phi) is 2.85. The fraction of sp³-hybridized carbons (Fsp3) is 0.364. The number of fused-ring (bicyclic) bond motifs is 1. The first kappa shape index (κ1) is 12.3. The summed E-state index contributed by atoms with van der Waals surface area (Å²) in [6, 6.07) is 0.954. The quantitative estimate of drug-likeness (QED) is 0.747. The van der Waals surface area contributed by atoms with Crippen molar-refractivity contribution < 1.29 is 18.3 Å². The topological polar surface area (TPSA) is 38.3 Å². The number of hydrogen-bond donors (Lipinski definition) is 1. The van der Waals surface area contributed by atoms with Crippen LogP contribution in [0.4, 0.5) is 14.5 Å². The average Bonchev–Trinajstić information content (AvgIpc) is 2.30. The molecule has 1 aromatic rings. The van der Waals surface area contributed by atoms with E-state index in [1.165, 1.54) is 0 Å². The number of hydrogen-bond acceptors (Lipinski definition) is 2. The van der Waals surface area contributed by atoms with Gasteiger partial charge in [0.1, 0.15) is 11.3 Å². The van der Waals surface area contributed by atoms with E-state index in [9.17, 15) is 13.6 Å². The Labute approximate surface area is 105 Å². The second-order valence-corrected chi connectivity index (χ2v) is 5.30. The molecule has 0 fully saturated rings. The Bertz CT molecular complexity index is 503. The molecule has 6 heteroatoms. The summed E-state index contributed by atoms with van der Waals surface area (Å²) >= 11 is 3.07. The molecule has 0 aromatic heterocycles. The van der Waals surface area contributed by atoms with Gasteiger partial charge in [-0.15, -0.1) is 0 Å². The minimum Gasteiger partial charge on any atom is -0.482 e. The zero-order valence-electron chi connectivity index (χ0n) is 9.23. The van der Waals surface area contributed by atoms with E-state index in [-0.39, 0.29) is 28.2 Å². The highest BCUT2D eigenvalue weighted by Crippen LogP contribution is 2.41. The van der Waals surface area contributed by atoms with Crippen LogP contribution in [-0.4, -0.2) is 11.5 Å². The lowest BCUT2D eigenvalue weighted by molar-refractivity contribution is -0.118. The van der Waals surface area contributed by atoms with E-state index < -0.39 is 17.2 Å². The van der Waals surface area contributed by atoms with Gasteiger partial charge < -0.3 is 10.1 Å². The molecule has 1 aliphatic rings. The third-order valence-corrected chi connectivity index (χ3v) is 2.98. The Morgan fingerprint density at radius 3 is 2.76 bits per heavy atom. The summed E-state index contributed by atoms with van der Waals surface area (Å²) < 4.78 is 32.5. The van der Waals surface area contributed by atoms with Crippen LogP contribution in [0.5, 0.6) is 5.75 Å². The molecule has 0 bridgehead atoms. The smallest absolute Gasteiger partial charge is 0.228 e. The van der Waals surface area contributed by atoms with Crippen molar-refractivity contribution in [3.63, 3.8) is 0 Å². The van der Waals surface area contributed by atoms with E-state index in [1.54, 1.807) is 13.8 Å². The van der Waals surface area contributed by atoms with Crippen LogP contribution in [0.25, 0.3) is 0 Å². The molecule has 1 N–H and O–H groups in total. The van der Waals surface area contributed by atoms with Gasteiger partial charge in [0.05, 0.1) is 6.42 Å². The maximum atomic E-state index is 13.6. The lowest BCUT2D eigenvalue weighted by Crippen LogP contribution is -2.31. The monoisotopic (exact) mass is 305 g/mol. The molecule has 0 aliphatic carbocycles. The zero-order valence-corrected chi connectivity index (χ0v) is 10.8. The molecule has 0 saturated heterocycles. The van der Waals surface area contributed by atoms with Crippen molar-refractivity contribution in [3.05, 3.63) is 22.2 Å². The number of rotatable bonds is 0. The number of nitrogens with one attached hydrogen (secondary N) is 1. The van der Waals surface area contributed by atoms with Crippen molar-refractivity contribution in [2.24, 2.45) is 0 Å². The Morgan fingerprint density at radius 2 is 2.12 bits per heavy atom. The van der Waals surface area contributed by atoms with Crippen LogP contribution in [0.3, 0.4) is 0 Å². The molecular formula is C11H10BrF2NO2. The highest BCUT2D eigenvalue weighted by atomic mass is 79.9. The Hall–Kier alpha value is -1.17. The van der Waals surface area contributed by atoms with Crippen LogP contribution in [0.1, 0.15) is 20.3 Å². The summed E-state index contributed by atoms with van der Waals surface area (Å²) in [5.74, 6) is -2.70. The predicted octanol–water partition coefficient (Wildman–Crippen LogP) is 3.23. The summed E-state index contributed by atoms with van der Waals surface area (Å²) in [7, 11) is 0. The number of anilines is 1. The molecule has 0 radical (unpaired) electrons. The second-order valence-electron chi connectivity index (χ2n) is 4.45. The summed E-state index contributed by atoms with van der Waals surface area (Å²) in [5, 5.41) is 2.50. The second kappa shape index (κ2) is 3.94. The molecule has 1 aliphatic heterocycles. The van der Waals surface area contributed by atoms with E-state index >= 15 is 0 Å². The molecule has 1 heterocycles. The summed E-state index contributed by atoms with van der Waals surface area (Å²) in [5.41, 5.74) is -0.761. The van der Waals surface area contributed by atoms with Gasteiger partial charge in [0, 0.05) is 4.47 Å². The fourth-order valence-electron chi connectivity index (χ4n) is 1.67. The molecule has 1 aromatic carbocycles. The third-order valence-electron chi connectivity index (χ3n) is 2.36. The average molecular weight is 306 g/mol. The molecule has 17 heavy (non-hydrogen) atoms. The van der Waals surface area contributed by atoms with Gasteiger partial charge in [-0.25, -0.2) is 4.39 Å². The number of carbonyl (C=O) groups is 1. The number of ether oxygens (including phenoxy) is 1. The van der Waals surface area contributed by atoms with Crippen LogP contribution in [0.2, 0.25) is 0 Å². The van der Waals surface area contributed by atoms with Gasteiger partial charge in [-0.2, -0.15) is 4.39 Å². The van der Waals surface area contributed by atoms with Crippen molar-refractivity contribution in [2.45, 2.75) is 25.9 Å². The van der Waals surface area contributed by atoms with Crippen LogP contribution in [-0.2, 0) is 4.79 Å². The van der Waals surface area contributed by atoms with Gasteiger partial charge in [0.2, 0.25) is 11.7 Å². The van der Waals surface area contributed by atoms with E-state index in [0.29, 0.717) is 0 Å². The zero-order chi connectivity index (χ0) is 12.8. The molecular weight excluding hydrogens is 296 g/mol. The van der Waals surface area contributed by atoms with Crippen LogP contribution < -0.4 is 10.1 Å². The van der Waals surface area contributed by atoms with E-state index in [1.807, 2.05) is 0 Å². The fourth-order valence-corrected chi connectivity index (χ4v) is 2.15. The third kappa shape index (κ3) is 2.26. The minimum atomic E-state index is -1.10. The highest BCUT2D eigenvalue weighted by molar-refractivity contribution is 9.10. The lowest BCUT2D eigenvalue weighted by Gasteiger charge is -2.23. The van der Waals surface area contributed by atoms with Gasteiger partial charge in [-0.3, -0.25) is 4.79 Å². The first-order valence-corrected chi connectivity index (χ1v) is 5.76. The van der Waals surface area contributed by atoms with E-state index in [2.05, 4.69) is 21.2 Å². The summed E-state index contributed by atoms with van der Waals surface area (Å²) in [6.07, 6.45) is 0.0647. The minimum absolute atomic E-state index is 0.0647. The molecule has 0 spiro atoms. The maximum absolute atomic E-state index is 13.6. The molecule has 1 amide bonds. The number of carbonyl (C=O) groups excluding carboxylic acids is 1. The largest absolute Gasteiger partial charge is 0.482 e. The lowest BCUT2D eigenvalue weighted by atomic mass is 10.1. The van der Waals surface area contributed by atoms with Crippen molar-refractivity contribution in [1.29, 1.82) is 0 Å². The maximum Gasteiger partial charge on any atom is 0.228 e. The normalized spacial score (nSPS) is 17.8. The standard InChI is InChI=1S/C11H10BrF2NO2/c1-11(2)4-7(16)15-9-5(12)3-6(13)8(14)10(9)17-11/h3H,4H2,1-2H3,(H,15,16). The number of benzene rings is 1. The Morgan fingerprint density at radius 1 is 1.47 bits per heavy atom. The first-order valence-electron chi connectivity index (χ1n) is 4.96. The molecule has 92 valence electrons. The van der Waals surface area contributed by atoms with E-state index in [4.69, 9.17) is 4.74 Å². The Balaban J connectivity index is 2.64. The molecule has 3 nitrogen and oxygen atoms in total. The van der Waals surface area contributed by atoms with Crippen molar-refractivity contribution in [3.8, 4) is 5.75 Å². The molecule has 0 saturated carbocycles. The van der Waals surface area contributed by atoms with Crippen molar-refractivity contribution in [1.82, 2.24) is 0 Å². The van der Waals surface area contributed by atoms with Gasteiger partial charge in [-0.05, 0) is 35.8 Å². The first-order chi connectivity index (χ1) is 7.80.